The lowest BCUT2D eigenvalue weighted by molar-refractivity contribution is 0.102. The Morgan fingerprint density at radius 3 is 2.78 bits per heavy atom. The van der Waals surface area contributed by atoms with Gasteiger partial charge in [-0.25, -0.2) is 9.97 Å². The predicted octanol–water partition coefficient (Wildman–Crippen LogP) is 3.11. The van der Waals surface area contributed by atoms with E-state index in [1.54, 1.807) is 18.3 Å². The Morgan fingerprint density at radius 1 is 1.33 bits per heavy atom. The van der Waals surface area contributed by atoms with Crippen LogP contribution in [0.4, 0.5) is 5.82 Å². The van der Waals surface area contributed by atoms with Gasteiger partial charge in [0.1, 0.15) is 11.5 Å². The lowest BCUT2D eigenvalue weighted by Gasteiger charge is -2.07. The molecule has 0 aliphatic carbocycles. The minimum atomic E-state index is -0.253. The molecule has 2 rings (SSSR count). The van der Waals surface area contributed by atoms with Crippen molar-refractivity contribution in [3.63, 3.8) is 0 Å². The molecule has 1 amide bonds. The van der Waals surface area contributed by atoms with Crippen molar-refractivity contribution < 1.29 is 4.79 Å². The van der Waals surface area contributed by atoms with Gasteiger partial charge in [-0.15, -0.1) is 0 Å². The molecule has 0 saturated carbocycles. The van der Waals surface area contributed by atoms with Crippen LogP contribution in [-0.4, -0.2) is 15.9 Å². The first-order valence-electron chi connectivity index (χ1n) is 5.43. The quantitative estimate of drug-likeness (QED) is 0.927. The molecule has 0 saturated heterocycles. The first-order valence-corrected chi connectivity index (χ1v) is 6.23. The van der Waals surface area contributed by atoms with Crippen molar-refractivity contribution in [2.45, 2.75) is 13.8 Å². The summed E-state index contributed by atoms with van der Waals surface area (Å²) in [5.74, 6) is 0.295. The molecule has 2 aromatic rings. The fraction of sp³-hybridized carbons (Fsp3) is 0.154. The van der Waals surface area contributed by atoms with Gasteiger partial charge in [0.2, 0.25) is 0 Å². The van der Waals surface area contributed by atoms with Crippen LogP contribution in [0.25, 0.3) is 0 Å². The number of hydrogen-bond acceptors (Lipinski definition) is 3. The van der Waals surface area contributed by atoms with Crippen LogP contribution in [0.2, 0.25) is 0 Å². The number of amides is 1. The summed E-state index contributed by atoms with van der Waals surface area (Å²) in [6.07, 6.45) is 1.65. The van der Waals surface area contributed by atoms with Crippen molar-refractivity contribution in [3.8, 4) is 0 Å². The van der Waals surface area contributed by atoms with Gasteiger partial charge in [-0.05, 0) is 53.5 Å². The normalized spacial score (nSPS) is 10.2. The Balaban J connectivity index is 2.21. The topological polar surface area (TPSA) is 54.9 Å². The zero-order chi connectivity index (χ0) is 13.1. The van der Waals surface area contributed by atoms with E-state index in [-0.39, 0.29) is 5.91 Å². The average molecular weight is 306 g/mol. The van der Waals surface area contributed by atoms with Gasteiger partial charge in [0.25, 0.3) is 5.91 Å². The molecule has 0 bridgehead atoms. The molecule has 2 heterocycles. The highest BCUT2D eigenvalue weighted by Gasteiger charge is 2.10. The number of nitrogens with one attached hydrogen (secondary N) is 1. The Bertz CT molecular complexity index is 599. The molecule has 0 aliphatic rings. The van der Waals surface area contributed by atoms with Crippen LogP contribution in [0.5, 0.6) is 0 Å². The third-order valence-corrected chi connectivity index (χ3v) is 2.83. The van der Waals surface area contributed by atoms with Crippen molar-refractivity contribution >= 4 is 27.7 Å². The third-order valence-electron chi connectivity index (χ3n) is 2.40. The standard InChI is InChI=1S/C13H12BrN3O/c1-8-6-10(14)7-15-12(8)17-13(18)11-5-3-4-9(2)16-11/h3-7H,1-2H3,(H,15,17,18). The van der Waals surface area contributed by atoms with Crippen LogP contribution in [0.3, 0.4) is 0 Å². The zero-order valence-corrected chi connectivity index (χ0v) is 11.7. The highest BCUT2D eigenvalue weighted by atomic mass is 79.9. The molecule has 2 aromatic heterocycles. The second kappa shape index (κ2) is 5.27. The van der Waals surface area contributed by atoms with Crippen molar-refractivity contribution in [3.05, 3.63) is 51.9 Å². The molecule has 92 valence electrons. The highest BCUT2D eigenvalue weighted by molar-refractivity contribution is 9.10. The van der Waals surface area contributed by atoms with E-state index in [1.165, 1.54) is 0 Å². The maximum absolute atomic E-state index is 12.0. The summed E-state index contributed by atoms with van der Waals surface area (Å²) < 4.78 is 0.881. The molecule has 0 atom stereocenters. The number of halogens is 1. The van der Waals surface area contributed by atoms with E-state index in [2.05, 4.69) is 31.2 Å². The maximum atomic E-state index is 12.0. The summed E-state index contributed by atoms with van der Waals surface area (Å²) >= 11 is 3.33. The molecule has 0 fully saturated rings. The van der Waals surface area contributed by atoms with Gasteiger partial charge in [0.15, 0.2) is 0 Å². The van der Waals surface area contributed by atoms with Gasteiger partial charge < -0.3 is 5.32 Å². The molecule has 4 nitrogen and oxygen atoms in total. The summed E-state index contributed by atoms with van der Waals surface area (Å²) in [5, 5.41) is 2.75. The molecule has 0 unspecified atom stereocenters. The number of nitrogens with zero attached hydrogens (tertiary/aromatic N) is 2. The number of rotatable bonds is 2. The smallest absolute Gasteiger partial charge is 0.275 e. The fourth-order valence-electron chi connectivity index (χ4n) is 1.51. The molecular weight excluding hydrogens is 294 g/mol. The number of hydrogen-bond donors (Lipinski definition) is 1. The first kappa shape index (κ1) is 12.7. The van der Waals surface area contributed by atoms with E-state index in [1.807, 2.05) is 26.0 Å². The largest absolute Gasteiger partial charge is 0.305 e. The lowest BCUT2D eigenvalue weighted by Crippen LogP contribution is -2.15. The number of aryl methyl sites for hydroxylation is 2. The SMILES string of the molecule is Cc1cccc(C(=O)Nc2ncc(Br)cc2C)n1. The van der Waals surface area contributed by atoms with Crippen molar-refractivity contribution in [2.75, 3.05) is 5.32 Å². The third kappa shape index (κ3) is 2.92. The van der Waals surface area contributed by atoms with Crippen LogP contribution < -0.4 is 5.32 Å². The summed E-state index contributed by atoms with van der Waals surface area (Å²) in [7, 11) is 0. The van der Waals surface area contributed by atoms with Gasteiger partial charge in [0, 0.05) is 16.4 Å². The first-order chi connectivity index (χ1) is 8.56. The Labute approximate surface area is 114 Å². The maximum Gasteiger partial charge on any atom is 0.275 e. The van der Waals surface area contributed by atoms with Gasteiger partial charge in [-0.1, -0.05) is 6.07 Å². The van der Waals surface area contributed by atoms with Gasteiger partial charge >= 0.3 is 0 Å². The summed E-state index contributed by atoms with van der Waals surface area (Å²) in [6, 6.07) is 7.22. The van der Waals surface area contributed by atoms with Gasteiger partial charge in [-0.3, -0.25) is 4.79 Å². The minimum Gasteiger partial charge on any atom is -0.305 e. The van der Waals surface area contributed by atoms with Crippen molar-refractivity contribution in [1.82, 2.24) is 9.97 Å². The molecule has 18 heavy (non-hydrogen) atoms. The number of carbonyl (C=O) groups excluding carboxylic acids is 1. The van der Waals surface area contributed by atoms with Gasteiger partial charge in [-0.2, -0.15) is 0 Å². The van der Waals surface area contributed by atoms with E-state index >= 15 is 0 Å². The summed E-state index contributed by atoms with van der Waals surface area (Å²) in [6.45, 7) is 3.73. The second-order valence-corrected chi connectivity index (χ2v) is 4.85. The molecule has 0 aliphatic heterocycles. The predicted molar refractivity (Wildman–Crippen MR) is 73.6 cm³/mol. The number of pyridine rings is 2. The monoisotopic (exact) mass is 305 g/mol. The Morgan fingerprint density at radius 2 is 2.11 bits per heavy atom. The van der Waals surface area contributed by atoms with Crippen molar-refractivity contribution in [1.29, 1.82) is 0 Å². The van der Waals surface area contributed by atoms with Crippen molar-refractivity contribution in [2.24, 2.45) is 0 Å². The van der Waals surface area contributed by atoms with Crippen LogP contribution in [0.1, 0.15) is 21.7 Å². The number of anilines is 1. The van der Waals surface area contributed by atoms with Crippen LogP contribution in [0.15, 0.2) is 34.9 Å². The molecular formula is C13H12BrN3O. The Kier molecular flexibility index (Phi) is 3.72. The highest BCUT2D eigenvalue weighted by Crippen LogP contribution is 2.17. The lowest BCUT2D eigenvalue weighted by atomic mass is 10.2. The molecule has 0 aromatic carbocycles. The van der Waals surface area contributed by atoms with E-state index in [4.69, 9.17) is 0 Å². The van der Waals surface area contributed by atoms with E-state index in [0.717, 1.165) is 15.7 Å². The molecule has 5 heteroatoms. The molecule has 0 radical (unpaired) electrons. The fourth-order valence-corrected chi connectivity index (χ4v) is 1.96. The summed E-state index contributed by atoms with van der Waals surface area (Å²) in [4.78, 5) is 20.3. The molecule has 0 spiro atoms. The number of aromatic nitrogens is 2. The van der Waals surface area contributed by atoms with Gasteiger partial charge in [0.05, 0.1) is 0 Å². The van der Waals surface area contributed by atoms with Crippen LogP contribution in [-0.2, 0) is 0 Å². The summed E-state index contributed by atoms with van der Waals surface area (Å²) in [5.41, 5.74) is 2.09. The van der Waals surface area contributed by atoms with E-state index in [0.29, 0.717) is 11.5 Å². The Hall–Kier alpha value is -1.75. The minimum absolute atomic E-state index is 0.253. The number of carbonyl (C=O) groups is 1. The van der Waals surface area contributed by atoms with Crippen LogP contribution in [0, 0.1) is 13.8 Å². The van der Waals surface area contributed by atoms with E-state index < -0.39 is 0 Å². The zero-order valence-electron chi connectivity index (χ0n) is 10.1. The van der Waals surface area contributed by atoms with E-state index in [9.17, 15) is 4.79 Å². The molecule has 1 N–H and O–H groups in total. The van der Waals surface area contributed by atoms with Crippen LogP contribution >= 0.6 is 15.9 Å². The second-order valence-electron chi connectivity index (χ2n) is 3.94. The average Bonchev–Trinajstić information content (AvgIpc) is 2.32.